The average molecular weight is 431 g/mol. The summed E-state index contributed by atoms with van der Waals surface area (Å²) in [7, 11) is 0. The molecule has 1 aliphatic rings. The van der Waals surface area contributed by atoms with E-state index < -0.39 is 23.0 Å². The lowest BCUT2D eigenvalue weighted by Gasteiger charge is -2.21. The lowest BCUT2D eigenvalue weighted by molar-refractivity contribution is -0.384. The SMILES string of the molecule is O=C(N[C@H](Cc1cccc([N+](=O)[O-])c1)C(=O)[O-])OCC1c2ccccc2-c2ccccc21. The smallest absolute Gasteiger partial charge is 0.407 e. The second-order valence-corrected chi connectivity index (χ2v) is 7.47. The summed E-state index contributed by atoms with van der Waals surface area (Å²) in [6.45, 7) is 0.0381. The highest BCUT2D eigenvalue weighted by Crippen LogP contribution is 2.44. The number of nitrogens with one attached hydrogen (secondary N) is 1. The summed E-state index contributed by atoms with van der Waals surface area (Å²) in [4.78, 5) is 34.3. The number of carbonyl (C=O) groups is 2. The summed E-state index contributed by atoms with van der Waals surface area (Å²) in [6, 6.07) is 19.9. The molecule has 0 aromatic heterocycles. The molecule has 1 amide bonds. The summed E-state index contributed by atoms with van der Waals surface area (Å²) < 4.78 is 5.37. The van der Waals surface area contributed by atoms with Crippen LogP contribution in [0.5, 0.6) is 0 Å². The number of carboxylic acid groups (broad SMARTS) is 1. The zero-order chi connectivity index (χ0) is 22.7. The molecule has 0 heterocycles. The average Bonchev–Trinajstić information content (AvgIpc) is 3.11. The zero-order valence-electron chi connectivity index (χ0n) is 16.9. The number of alkyl carbamates (subject to hydrolysis) is 1. The Labute approximate surface area is 183 Å². The highest BCUT2D eigenvalue weighted by Gasteiger charge is 2.29. The van der Waals surface area contributed by atoms with Gasteiger partial charge in [-0.1, -0.05) is 60.7 Å². The van der Waals surface area contributed by atoms with Gasteiger partial charge in [-0.15, -0.1) is 0 Å². The maximum atomic E-state index is 12.4. The number of fused-ring (bicyclic) bond motifs is 3. The molecule has 3 aromatic carbocycles. The molecule has 0 fully saturated rings. The Bertz CT molecular complexity index is 1150. The molecule has 0 saturated heterocycles. The van der Waals surface area contributed by atoms with Crippen LogP contribution in [0, 0.1) is 10.1 Å². The van der Waals surface area contributed by atoms with Crippen LogP contribution in [0.25, 0.3) is 11.1 Å². The number of nitro benzene ring substituents is 1. The van der Waals surface area contributed by atoms with E-state index in [2.05, 4.69) is 5.32 Å². The monoisotopic (exact) mass is 431 g/mol. The van der Waals surface area contributed by atoms with Gasteiger partial charge in [0.25, 0.3) is 5.69 Å². The Balaban J connectivity index is 1.43. The summed E-state index contributed by atoms with van der Waals surface area (Å²) in [5, 5.41) is 24.7. The number of non-ortho nitro benzene ring substituents is 1. The predicted molar refractivity (Wildman–Crippen MR) is 114 cm³/mol. The van der Waals surface area contributed by atoms with E-state index >= 15 is 0 Å². The Morgan fingerprint density at radius 2 is 1.59 bits per heavy atom. The van der Waals surface area contributed by atoms with Crippen LogP contribution in [-0.2, 0) is 16.0 Å². The van der Waals surface area contributed by atoms with E-state index in [-0.39, 0.29) is 24.6 Å². The Morgan fingerprint density at radius 3 is 2.19 bits per heavy atom. The van der Waals surface area contributed by atoms with Gasteiger partial charge < -0.3 is 20.0 Å². The molecule has 8 heteroatoms. The van der Waals surface area contributed by atoms with Crippen molar-refractivity contribution in [1.29, 1.82) is 0 Å². The van der Waals surface area contributed by atoms with Gasteiger partial charge in [-0.3, -0.25) is 10.1 Å². The van der Waals surface area contributed by atoms with Crippen molar-refractivity contribution < 1.29 is 24.4 Å². The third kappa shape index (κ3) is 4.29. The van der Waals surface area contributed by atoms with Crippen LogP contribution in [0.2, 0.25) is 0 Å². The van der Waals surface area contributed by atoms with Gasteiger partial charge in [-0.25, -0.2) is 4.79 Å². The number of nitro groups is 1. The first-order valence-corrected chi connectivity index (χ1v) is 9.99. The van der Waals surface area contributed by atoms with E-state index in [0.717, 1.165) is 22.3 Å². The fourth-order valence-corrected chi connectivity index (χ4v) is 4.01. The highest BCUT2D eigenvalue weighted by molar-refractivity contribution is 5.80. The van der Waals surface area contributed by atoms with Crippen molar-refractivity contribution in [3.8, 4) is 11.1 Å². The lowest BCUT2D eigenvalue weighted by atomic mass is 9.98. The summed E-state index contributed by atoms with van der Waals surface area (Å²) in [6.07, 6.45) is -1.07. The molecule has 0 unspecified atom stereocenters. The molecule has 1 atom stereocenters. The molecule has 32 heavy (non-hydrogen) atoms. The van der Waals surface area contributed by atoms with Crippen LogP contribution in [0.3, 0.4) is 0 Å². The first-order chi connectivity index (χ1) is 15.4. The van der Waals surface area contributed by atoms with Crippen LogP contribution >= 0.6 is 0 Å². The molecule has 4 rings (SSSR count). The molecular formula is C24H19N2O6-. The zero-order valence-corrected chi connectivity index (χ0v) is 16.9. The highest BCUT2D eigenvalue weighted by atomic mass is 16.6. The van der Waals surface area contributed by atoms with E-state index in [1.807, 2.05) is 48.5 Å². The number of amides is 1. The lowest BCUT2D eigenvalue weighted by Crippen LogP contribution is -2.49. The van der Waals surface area contributed by atoms with Crippen molar-refractivity contribution in [3.63, 3.8) is 0 Å². The first-order valence-electron chi connectivity index (χ1n) is 9.99. The standard InChI is InChI=1S/C24H20N2O6/c27-23(28)22(13-15-6-5-7-16(12-15)26(30)31)25-24(29)32-14-21-19-10-3-1-8-17(19)18-9-2-4-11-20(18)21/h1-12,21-22H,13-14H2,(H,25,29)(H,27,28)/p-1/t22-/m1/s1. The van der Waals surface area contributed by atoms with E-state index in [9.17, 15) is 24.8 Å². The third-order valence-corrected chi connectivity index (χ3v) is 5.48. The number of nitrogens with zero attached hydrogens (tertiary/aromatic N) is 1. The van der Waals surface area contributed by atoms with Crippen LogP contribution in [0.4, 0.5) is 10.5 Å². The van der Waals surface area contributed by atoms with Gasteiger partial charge in [-0.05, 0) is 34.2 Å². The van der Waals surface area contributed by atoms with Gasteiger partial charge in [0.1, 0.15) is 6.61 Å². The van der Waals surface area contributed by atoms with E-state index in [4.69, 9.17) is 4.74 Å². The molecule has 0 bridgehead atoms. The maximum absolute atomic E-state index is 12.4. The number of hydrogen-bond donors (Lipinski definition) is 1. The summed E-state index contributed by atoms with van der Waals surface area (Å²) in [5.41, 5.74) is 4.45. The molecule has 1 aliphatic carbocycles. The molecule has 0 spiro atoms. The molecule has 1 N–H and O–H groups in total. The van der Waals surface area contributed by atoms with Gasteiger partial charge in [0.05, 0.1) is 16.9 Å². The molecule has 3 aromatic rings. The number of benzene rings is 3. The normalized spacial score (nSPS) is 13.0. The van der Waals surface area contributed by atoms with Crippen molar-refractivity contribution in [2.24, 2.45) is 0 Å². The van der Waals surface area contributed by atoms with Gasteiger partial charge in [-0.2, -0.15) is 0 Å². The molecular weight excluding hydrogens is 412 g/mol. The number of aliphatic carboxylic acids is 1. The number of carboxylic acids is 1. The fraction of sp³-hybridized carbons (Fsp3) is 0.167. The number of rotatable bonds is 7. The van der Waals surface area contributed by atoms with E-state index in [1.165, 1.54) is 18.2 Å². The van der Waals surface area contributed by atoms with E-state index in [1.54, 1.807) is 6.07 Å². The molecule has 0 radical (unpaired) electrons. The third-order valence-electron chi connectivity index (χ3n) is 5.48. The maximum Gasteiger partial charge on any atom is 0.407 e. The number of ether oxygens (including phenoxy) is 1. The van der Waals surface area contributed by atoms with Crippen molar-refractivity contribution in [1.82, 2.24) is 5.32 Å². The minimum Gasteiger partial charge on any atom is -0.548 e. The topological polar surface area (TPSA) is 122 Å². The molecule has 162 valence electrons. The summed E-state index contributed by atoms with van der Waals surface area (Å²) >= 11 is 0. The van der Waals surface area contributed by atoms with Crippen molar-refractivity contribution in [2.75, 3.05) is 6.61 Å². The largest absolute Gasteiger partial charge is 0.548 e. The molecule has 0 aliphatic heterocycles. The molecule has 8 nitrogen and oxygen atoms in total. The quantitative estimate of drug-likeness (QED) is 0.453. The second kappa shape index (κ2) is 8.89. The minimum absolute atomic E-state index is 0.0381. The first kappa shape index (κ1) is 21.0. The summed E-state index contributed by atoms with van der Waals surface area (Å²) in [5.74, 6) is -1.67. The Morgan fingerprint density at radius 1 is 0.969 bits per heavy atom. The van der Waals surface area contributed by atoms with Gasteiger partial charge in [0.2, 0.25) is 0 Å². The minimum atomic E-state index is -1.51. The van der Waals surface area contributed by atoms with Gasteiger partial charge in [0, 0.05) is 18.1 Å². The van der Waals surface area contributed by atoms with Crippen LogP contribution in [0.15, 0.2) is 72.8 Å². The van der Waals surface area contributed by atoms with Crippen LogP contribution < -0.4 is 10.4 Å². The van der Waals surface area contributed by atoms with Crippen LogP contribution in [0.1, 0.15) is 22.6 Å². The molecule has 0 saturated carbocycles. The van der Waals surface area contributed by atoms with E-state index in [0.29, 0.717) is 5.56 Å². The van der Waals surface area contributed by atoms with Crippen molar-refractivity contribution in [2.45, 2.75) is 18.4 Å². The predicted octanol–water partition coefficient (Wildman–Crippen LogP) is 2.79. The van der Waals surface area contributed by atoms with Crippen molar-refractivity contribution >= 4 is 17.7 Å². The van der Waals surface area contributed by atoms with Crippen LogP contribution in [-0.4, -0.2) is 29.6 Å². The fourth-order valence-electron chi connectivity index (χ4n) is 4.01. The van der Waals surface area contributed by atoms with Gasteiger partial charge >= 0.3 is 6.09 Å². The Hall–Kier alpha value is -4.20. The van der Waals surface area contributed by atoms with Crippen molar-refractivity contribution in [3.05, 3.63) is 99.6 Å². The Kier molecular flexibility index (Phi) is 5.85. The van der Waals surface area contributed by atoms with Gasteiger partial charge in [0.15, 0.2) is 0 Å². The number of carbonyl (C=O) groups excluding carboxylic acids is 2. The second-order valence-electron chi connectivity index (χ2n) is 7.47. The number of hydrogen-bond acceptors (Lipinski definition) is 6.